The van der Waals surface area contributed by atoms with Gasteiger partial charge in [0.25, 0.3) is 0 Å². The molecule has 0 bridgehead atoms. The molecule has 0 aromatic rings. The van der Waals surface area contributed by atoms with Crippen molar-refractivity contribution >= 4 is 0 Å². The molecule has 0 radical (unpaired) electrons. The Morgan fingerprint density at radius 1 is 1.40 bits per heavy atom. The first-order valence-corrected chi connectivity index (χ1v) is 5.32. The summed E-state index contributed by atoms with van der Waals surface area (Å²) in [6.07, 6.45) is 4.85. The Balaban J connectivity index is 4.21. The topological polar surface area (TPSA) is 30.5 Å². The van der Waals surface area contributed by atoms with Gasteiger partial charge in [0.15, 0.2) is 0 Å². The van der Waals surface area contributed by atoms with Crippen LogP contribution >= 0.6 is 0 Å². The molecule has 0 rings (SSSR count). The average molecular weight is 213 g/mol. The molecular formula is C12H23NO2. The highest BCUT2D eigenvalue weighted by atomic mass is 16.5. The summed E-state index contributed by atoms with van der Waals surface area (Å²) in [5, 5.41) is 3.23. The third-order valence-electron chi connectivity index (χ3n) is 2.33. The van der Waals surface area contributed by atoms with Crippen molar-refractivity contribution in [3.8, 4) is 0 Å². The van der Waals surface area contributed by atoms with Crippen LogP contribution in [0.15, 0.2) is 24.2 Å². The Labute approximate surface area is 93.2 Å². The molecule has 3 nitrogen and oxygen atoms in total. The molecule has 0 saturated carbocycles. The molecule has 1 N–H and O–H groups in total. The lowest BCUT2D eigenvalue weighted by atomic mass is 10.1. The largest absolute Gasteiger partial charge is 0.502 e. The molecule has 0 heterocycles. The first kappa shape index (κ1) is 14.0. The lowest BCUT2D eigenvalue weighted by Crippen LogP contribution is -2.28. The van der Waals surface area contributed by atoms with Crippen LogP contribution in [-0.2, 0) is 9.47 Å². The van der Waals surface area contributed by atoms with E-state index in [-0.39, 0.29) is 6.04 Å². The van der Waals surface area contributed by atoms with Gasteiger partial charge in [0.2, 0.25) is 0 Å². The van der Waals surface area contributed by atoms with E-state index in [9.17, 15) is 0 Å². The van der Waals surface area contributed by atoms with Crippen LogP contribution in [0.4, 0.5) is 0 Å². The normalized spacial score (nSPS) is 13.5. The molecule has 0 amide bonds. The number of methoxy groups -OCH3 is 2. The van der Waals surface area contributed by atoms with E-state index >= 15 is 0 Å². The summed E-state index contributed by atoms with van der Waals surface area (Å²) >= 11 is 0. The third kappa shape index (κ3) is 5.47. The van der Waals surface area contributed by atoms with Crippen LogP contribution in [0.5, 0.6) is 0 Å². The van der Waals surface area contributed by atoms with Crippen LogP contribution in [0.1, 0.15) is 26.2 Å². The molecule has 0 aliphatic carbocycles. The lowest BCUT2D eigenvalue weighted by Gasteiger charge is -2.19. The van der Waals surface area contributed by atoms with E-state index in [1.165, 1.54) is 0 Å². The predicted molar refractivity (Wildman–Crippen MR) is 63.6 cm³/mol. The second kappa shape index (κ2) is 8.36. The van der Waals surface area contributed by atoms with Crippen molar-refractivity contribution < 1.29 is 9.47 Å². The van der Waals surface area contributed by atoms with Gasteiger partial charge in [0.05, 0.1) is 26.0 Å². The lowest BCUT2D eigenvalue weighted by molar-refractivity contribution is 0.237. The average Bonchev–Trinajstić information content (AvgIpc) is 2.27. The van der Waals surface area contributed by atoms with E-state index in [0.717, 1.165) is 30.8 Å². The molecule has 1 unspecified atom stereocenters. The molecule has 0 saturated heterocycles. The van der Waals surface area contributed by atoms with E-state index in [4.69, 9.17) is 9.47 Å². The van der Waals surface area contributed by atoms with E-state index in [2.05, 4.69) is 24.9 Å². The summed E-state index contributed by atoms with van der Waals surface area (Å²) < 4.78 is 10.4. The minimum absolute atomic E-state index is 0.238. The maximum Gasteiger partial charge on any atom is 0.108 e. The quantitative estimate of drug-likeness (QED) is 0.628. The Morgan fingerprint density at radius 2 is 2.07 bits per heavy atom. The predicted octanol–water partition coefficient (Wildman–Crippen LogP) is 2.46. The molecule has 3 heteroatoms. The molecule has 0 aromatic heterocycles. The molecule has 0 spiro atoms. The van der Waals surface area contributed by atoms with Gasteiger partial charge in [0.1, 0.15) is 5.76 Å². The zero-order chi connectivity index (χ0) is 11.7. The van der Waals surface area contributed by atoms with Gasteiger partial charge in [-0.15, -0.1) is 0 Å². The number of rotatable bonds is 8. The summed E-state index contributed by atoms with van der Waals surface area (Å²) in [6.45, 7) is 5.90. The summed E-state index contributed by atoms with van der Waals surface area (Å²) in [7, 11) is 5.29. The number of allylic oxidation sites excluding steroid dienone is 2. The maximum atomic E-state index is 5.34. The number of nitrogens with one attached hydrogen (secondary N) is 1. The molecule has 88 valence electrons. The molecule has 0 aromatic carbocycles. The fourth-order valence-electron chi connectivity index (χ4n) is 1.41. The molecule has 1 atom stereocenters. The number of likely N-dealkylation sites (N-methyl/N-ethyl adjacent to an activating group) is 1. The van der Waals surface area contributed by atoms with Crippen LogP contribution in [0, 0.1) is 0 Å². The van der Waals surface area contributed by atoms with Gasteiger partial charge in [-0.05, 0) is 26.0 Å². The summed E-state index contributed by atoms with van der Waals surface area (Å²) in [5.41, 5.74) is 0. The molecule has 0 fully saturated rings. The molecular weight excluding hydrogens is 190 g/mol. The van der Waals surface area contributed by atoms with Crippen molar-refractivity contribution in [2.24, 2.45) is 0 Å². The standard InChI is InChI=1S/C12H23NO2/c1-6-7-12(15-5)11(13-3)9-8-10(2)14-4/h7,11,13H,2,6,8-9H2,1,3-5H3/b12-7+. The van der Waals surface area contributed by atoms with Gasteiger partial charge < -0.3 is 14.8 Å². The van der Waals surface area contributed by atoms with E-state index in [1.807, 2.05) is 7.05 Å². The second-order valence-corrected chi connectivity index (χ2v) is 3.34. The highest BCUT2D eigenvalue weighted by Gasteiger charge is 2.12. The van der Waals surface area contributed by atoms with Crippen LogP contribution in [0.25, 0.3) is 0 Å². The van der Waals surface area contributed by atoms with E-state index < -0.39 is 0 Å². The second-order valence-electron chi connectivity index (χ2n) is 3.34. The number of hydrogen-bond acceptors (Lipinski definition) is 3. The Bertz CT molecular complexity index is 212. The monoisotopic (exact) mass is 213 g/mol. The minimum Gasteiger partial charge on any atom is -0.502 e. The molecule has 0 aliphatic rings. The van der Waals surface area contributed by atoms with E-state index in [0.29, 0.717) is 0 Å². The maximum absolute atomic E-state index is 5.34. The van der Waals surface area contributed by atoms with Gasteiger partial charge in [-0.2, -0.15) is 0 Å². The Kier molecular flexibility index (Phi) is 7.82. The zero-order valence-electron chi connectivity index (χ0n) is 10.3. The van der Waals surface area contributed by atoms with Crippen molar-refractivity contribution in [1.29, 1.82) is 0 Å². The van der Waals surface area contributed by atoms with Gasteiger partial charge >= 0.3 is 0 Å². The van der Waals surface area contributed by atoms with Crippen molar-refractivity contribution in [2.75, 3.05) is 21.3 Å². The van der Waals surface area contributed by atoms with Gasteiger partial charge in [-0.1, -0.05) is 13.5 Å². The summed E-state index contributed by atoms with van der Waals surface area (Å²) in [5.74, 6) is 1.80. The fraction of sp³-hybridized carbons (Fsp3) is 0.667. The SMILES string of the molecule is C=C(CCC(NC)/C(=C\CC)OC)OC. The smallest absolute Gasteiger partial charge is 0.108 e. The first-order chi connectivity index (χ1) is 7.19. The summed E-state index contributed by atoms with van der Waals surface area (Å²) in [6, 6.07) is 0.238. The number of ether oxygens (including phenoxy) is 2. The van der Waals surface area contributed by atoms with Crippen LogP contribution in [0.3, 0.4) is 0 Å². The Hall–Kier alpha value is -0.960. The zero-order valence-corrected chi connectivity index (χ0v) is 10.3. The highest BCUT2D eigenvalue weighted by Crippen LogP contribution is 2.13. The van der Waals surface area contributed by atoms with Crippen molar-refractivity contribution in [3.05, 3.63) is 24.2 Å². The van der Waals surface area contributed by atoms with E-state index in [1.54, 1.807) is 14.2 Å². The molecule has 0 aliphatic heterocycles. The third-order valence-corrected chi connectivity index (χ3v) is 2.33. The van der Waals surface area contributed by atoms with Crippen LogP contribution in [-0.4, -0.2) is 27.3 Å². The van der Waals surface area contributed by atoms with Crippen molar-refractivity contribution in [1.82, 2.24) is 5.32 Å². The van der Waals surface area contributed by atoms with Crippen LogP contribution < -0.4 is 5.32 Å². The fourth-order valence-corrected chi connectivity index (χ4v) is 1.41. The van der Waals surface area contributed by atoms with Crippen molar-refractivity contribution in [2.45, 2.75) is 32.2 Å². The molecule has 15 heavy (non-hydrogen) atoms. The van der Waals surface area contributed by atoms with Gasteiger partial charge in [0, 0.05) is 6.42 Å². The summed E-state index contributed by atoms with van der Waals surface area (Å²) in [4.78, 5) is 0. The minimum atomic E-state index is 0.238. The van der Waals surface area contributed by atoms with Crippen molar-refractivity contribution in [3.63, 3.8) is 0 Å². The van der Waals surface area contributed by atoms with Gasteiger partial charge in [-0.3, -0.25) is 0 Å². The van der Waals surface area contributed by atoms with Gasteiger partial charge in [-0.25, -0.2) is 0 Å². The first-order valence-electron chi connectivity index (χ1n) is 5.32. The highest BCUT2D eigenvalue weighted by molar-refractivity contribution is 5.03. The number of hydrogen-bond donors (Lipinski definition) is 1. The Morgan fingerprint density at radius 3 is 2.47 bits per heavy atom. The van der Waals surface area contributed by atoms with Crippen LogP contribution in [0.2, 0.25) is 0 Å².